The molecule has 1 N–H and O–H groups in total. The molecule has 2 aliphatic rings. The molecule has 3 heterocycles. The largest absolute Gasteiger partial charge is 0.481 e. The Bertz CT molecular complexity index is 835. The number of carbonyl (C=O) groups excluding carboxylic acids is 1. The highest BCUT2D eigenvalue weighted by Crippen LogP contribution is 2.43. The summed E-state index contributed by atoms with van der Waals surface area (Å²) in [6, 6.07) is 7.77. The number of terminal acetylenes is 1. The summed E-state index contributed by atoms with van der Waals surface area (Å²) < 4.78 is 10.8. The van der Waals surface area contributed by atoms with E-state index in [1.165, 1.54) is 0 Å². The van der Waals surface area contributed by atoms with Gasteiger partial charge in [-0.3, -0.25) is 4.79 Å². The summed E-state index contributed by atoms with van der Waals surface area (Å²) in [5.41, 5.74) is 1.08. The van der Waals surface area contributed by atoms with Gasteiger partial charge in [0.15, 0.2) is 5.13 Å². The lowest BCUT2D eigenvalue weighted by atomic mass is 9.91. The van der Waals surface area contributed by atoms with Gasteiger partial charge in [-0.25, -0.2) is 4.98 Å². The summed E-state index contributed by atoms with van der Waals surface area (Å²) in [5, 5.41) is 3.86. The van der Waals surface area contributed by atoms with Crippen LogP contribution in [0.1, 0.15) is 22.8 Å². The van der Waals surface area contributed by atoms with E-state index in [2.05, 4.69) is 21.1 Å². The second-order valence-corrected chi connectivity index (χ2v) is 7.18. The van der Waals surface area contributed by atoms with Crippen LogP contribution in [0.15, 0.2) is 24.3 Å². The van der Waals surface area contributed by atoms with E-state index >= 15 is 0 Å². The molecule has 6 nitrogen and oxygen atoms in total. The fourth-order valence-electron chi connectivity index (χ4n) is 3.19. The molecule has 1 atom stereocenters. The van der Waals surface area contributed by atoms with E-state index in [-0.39, 0.29) is 18.4 Å². The molecule has 0 spiro atoms. The highest BCUT2D eigenvalue weighted by atomic mass is 32.1. The Balaban J connectivity index is 1.61. The summed E-state index contributed by atoms with van der Waals surface area (Å²) in [6.45, 7) is 3.31. The van der Waals surface area contributed by atoms with Gasteiger partial charge in [-0.15, -0.1) is 6.42 Å². The highest BCUT2D eigenvalue weighted by molar-refractivity contribution is 7.16. The molecule has 1 fully saturated rings. The standard InChI is InChI=1S/C19H19N3O3S/c1-2-9-25-14-5-3-13(4-6-14)15-12-16(23)20-18-17(15)26-19(21-18)22-7-10-24-11-8-22/h1,3-6,15H,7-12H2,(H,20,23). The van der Waals surface area contributed by atoms with Crippen molar-refractivity contribution in [1.82, 2.24) is 4.98 Å². The third-order valence-corrected chi connectivity index (χ3v) is 5.72. The van der Waals surface area contributed by atoms with Crippen LogP contribution in [-0.2, 0) is 9.53 Å². The average molecular weight is 369 g/mol. The number of benzene rings is 1. The number of carbonyl (C=O) groups is 1. The maximum atomic E-state index is 12.2. The van der Waals surface area contributed by atoms with Crippen LogP contribution in [0.5, 0.6) is 5.75 Å². The zero-order chi connectivity index (χ0) is 17.9. The number of ether oxygens (including phenoxy) is 2. The lowest BCUT2D eigenvalue weighted by Gasteiger charge is -2.26. The normalized spacial score (nSPS) is 19.4. The first-order chi connectivity index (χ1) is 12.7. The van der Waals surface area contributed by atoms with Gasteiger partial charge in [0, 0.05) is 25.4 Å². The van der Waals surface area contributed by atoms with Crippen LogP contribution in [0.2, 0.25) is 0 Å². The third-order valence-electron chi connectivity index (χ3n) is 4.49. The molecule has 26 heavy (non-hydrogen) atoms. The molecule has 2 aromatic rings. The van der Waals surface area contributed by atoms with E-state index in [4.69, 9.17) is 15.9 Å². The number of anilines is 2. The van der Waals surface area contributed by atoms with Gasteiger partial charge in [0.2, 0.25) is 5.91 Å². The average Bonchev–Trinajstić information content (AvgIpc) is 3.11. The molecule has 134 valence electrons. The van der Waals surface area contributed by atoms with Crippen molar-refractivity contribution in [3.63, 3.8) is 0 Å². The van der Waals surface area contributed by atoms with Gasteiger partial charge in [-0.05, 0) is 17.7 Å². The van der Waals surface area contributed by atoms with Crippen LogP contribution in [0, 0.1) is 12.3 Å². The maximum absolute atomic E-state index is 12.2. The number of hydrogen-bond donors (Lipinski definition) is 1. The summed E-state index contributed by atoms with van der Waals surface area (Å²) in [5.74, 6) is 3.87. The number of nitrogens with zero attached hydrogens (tertiary/aromatic N) is 2. The second kappa shape index (κ2) is 7.36. The number of rotatable bonds is 4. The van der Waals surface area contributed by atoms with Gasteiger partial charge in [-0.1, -0.05) is 29.4 Å². The summed E-state index contributed by atoms with van der Waals surface area (Å²) in [4.78, 5) is 20.2. The number of hydrogen-bond acceptors (Lipinski definition) is 6. The monoisotopic (exact) mass is 369 g/mol. The van der Waals surface area contributed by atoms with Crippen molar-refractivity contribution in [3.05, 3.63) is 34.7 Å². The van der Waals surface area contributed by atoms with Crippen molar-refractivity contribution < 1.29 is 14.3 Å². The third kappa shape index (κ3) is 3.39. The minimum atomic E-state index is -0.00557. The number of amides is 1. The summed E-state index contributed by atoms with van der Waals surface area (Å²) in [6.07, 6.45) is 5.64. The molecule has 1 saturated heterocycles. The van der Waals surface area contributed by atoms with Crippen molar-refractivity contribution in [1.29, 1.82) is 0 Å². The number of morpholine rings is 1. The maximum Gasteiger partial charge on any atom is 0.226 e. The quantitative estimate of drug-likeness (QED) is 0.839. The van der Waals surface area contributed by atoms with E-state index < -0.39 is 0 Å². The first kappa shape index (κ1) is 16.9. The molecule has 0 bridgehead atoms. The van der Waals surface area contributed by atoms with Gasteiger partial charge in [0.1, 0.15) is 18.2 Å². The lowest BCUT2D eigenvalue weighted by molar-refractivity contribution is -0.116. The molecule has 0 radical (unpaired) electrons. The summed E-state index contributed by atoms with van der Waals surface area (Å²) >= 11 is 1.65. The van der Waals surface area contributed by atoms with E-state index in [0.29, 0.717) is 25.5 Å². The topological polar surface area (TPSA) is 63.7 Å². The predicted molar refractivity (Wildman–Crippen MR) is 101 cm³/mol. The zero-order valence-electron chi connectivity index (χ0n) is 14.2. The van der Waals surface area contributed by atoms with Crippen LogP contribution in [0.25, 0.3) is 0 Å². The molecule has 2 aliphatic heterocycles. The Labute approximate surface area is 156 Å². The van der Waals surface area contributed by atoms with Crippen LogP contribution >= 0.6 is 11.3 Å². The minimum absolute atomic E-state index is 0.00557. The lowest BCUT2D eigenvalue weighted by Crippen LogP contribution is -2.36. The van der Waals surface area contributed by atoms with E-state index in [9.17, 15) is 4.79 Å². The van der Waals surface area contributed by atoms with Crippen LogP contribution in [-0.4, -0.2) is 43.8 Å². The Morgan fingerprint density at radius 2 is 2.12 bits per heavy atom. The van der Waals surface area contributed by atoms with Gasteiger partial charge in [-0.2, -0.15) is 0 Å². The van der Waals surface area contributed by atoms with Gasteiger partial charge in [0.05, 0.1) is 18.1 Å². The van der Waals surface area contributed by atoms with Crippen LogP contribution in [0.3, 0.4) is 0 Å². The number of nitrogens with one attached hydrogen (secondary N) is 1. The Hall–Kier alpha value is -2.56. The van der Waals surface area contributed by atoms with Crippen LogP contribution in [0.4, 0.5) is 10.9 Å². The number of aromatic nitrogens is 1. The molecule has 1 amide bonds. The molecule has 0 saturated carbocycles. The van der Waals surface area contributed by atoms with Crippen molar-refractivity contribution in [3.8, 4) is 18.1 Å². The van der Waals surface area contributed by atoms with Gasteiger partial charge in [0.25, 0.3) is 0 Å². The van der Waals surface area contributed by atoms with Gasteiger partial charge < -0.3 is 19.7 Å². The SMILES string of the molecule is C#CCOc1ccc(C2CC(=O)Nc3nc(N4CCOCC4)sc32)cc1. The fourth-order valence-corrected chi connectivity index (χ4v) is 4.39. The highest BCUT2D eigenvalue weighted by Gasteiger charge is 2.31. The van der Waals surface area contributed by atoms with Crippen LogP contribution < -0.4 is 15.0 Å². The van der Waals surface area contributed by atoms with E-state index in [0.717, 1.165) is 34.4 Å². The Morgan fingerprint density at radius 3 is 2.85 bits per heavy atom. The van der Waals surface area contributed by atoms with E-state index in [1.54, 1.807) is 11.3 Å². The van der Waals surface area contributed by atoms with Crippen molar-refractivity contribution >= 4 is 28.2 Å². The van der Waals surface area contributed by atoms with Crippen molar-refractivity contribution in [2.75, 3.05) is 43.1 Å². The Morgan fingerprint density at radius 1 is 1.35 bits per heavy atom. The molecular weight excluding hydrogens is 350 g/mol. The molecule has 1 unspecified atom stereocenters. The Kier molecular flexibility index (Phi) is 4.78. The van der Waals surface area contributed by atoms with Crippen molar-refractivity contribution in [2.45, 2.75) is 12.3 Å². The molecule has 1 aromatic carbocycles. The number of thiazole rings is 1. The molecule has 1 aromatic heterocycles. The van der Waals surface area contributed by atoms with Crippen molar-refractivity contribution in [2.24, 2.45) is 0 Å². The molecule has 0 aliphatic carbocycles. The fraction of sp³-hybridized carbons (Fsp3) is 0.368. The van der Waals surface area contributed by atoms with E-state index in [1.807, 2.05) is 24.3 Å². The first-order valence-electron chi connectivity index (χ1n) is 8.54. The molecular formula is C19H19N3O3S. The van der Waals surface area contributed by atoms with Gasteiger partial charge >= 0.3 is 0 Å². The summed E-state index contributed by atoms with van der Waals surface area (Å²) in [7, 11) is 0. The smallest absolute Gasteiger partial charge is 0.226 e. The number of fused-ring (bicyclic) bond motifs is 1. The zero-order valence-corrected chi connectivity index (χ0v) is 15.1. The second-order valence-electron chi connectivity index (χ2n) is 6.18. The minimum Gasteiger partial charge on any atom is -0.481 e. The molecule has 7 heteroatoms. The molecule has 4 rings (SSSR count). The predicted octanol–water partition coefficient (Wildman–Crippen LogP) is 2.47. The first-order valence-corrected chi connectivity index (χ1v) is 9.36.